The summed E-state index contributed by atoms with van der Waals surface area (Å²) >= 11 is 0. The van der Waals surface area contributed by atoms with Crippen LogP contribution in [0.2, 0.25) is 0 Å². The molecule has 5 rings (SSSR count). The first-order chi connectivity index (χ1) is 19.9. The van der Waals surface area contributed by atoms with Crippen molar-refractivity contribution in [1.29, 1.82) is 5.26 Å². The molecule has 3 aliphatic rings. The van der Waals surface area contributed by atoms with E-state index in [4.69, 9.17) is 10.00 Å². The maximum atomic E-state index is 10.6. The van der Waals surface area contributed by atoms with Gasteiger partial charge in [-0.05, 0) is 94.3 Å². The van der Waals surface area contributed by atoms with Crippen LogP contribution in [0, 0.1) is 24.2 Å². The predicted molar refractivity (Wildman–Crippen MR) is 162 cm³/mol. The van der Waals surface area contributed by atoms with E-state index in [1.54, 1.807) is 25.3 Å². The van der Waals surface area contributed by atoms with Crippen molar-refractivity contribution in [3.63, 3.8) is 0 Å². The second kappa shape index (κ2) is 17.7. The van der Waals surface area contributed by atoms with E-state index in [1.807, 2.05) is 19.1 Å². The van der Waals surface area contributed by atoms with Gasteiger partial charge in [0.1, 0.15) is 11.4 Å². The van der Waals surface area contributed by atoms with Crippen LogP contribution in [0.1, 0.15) is 79.4 Å². The van der Waals surface area contributed by atoms with Crippen molar-refractivity contribution in [2.75, 3.05) is 51.8 Å². The SMILES string of the molecule is CNC1CCCCC1.COc1ccc(C#N)c(C)c1.O=Cc1ccc(N2CCC(CN3CCC(O)CC3)CC2)nn1. The van der Waals surface area contributed by atoms with Gasteiger partial charge in [0.15, 0.2) is 12.1 Å². The number of nitriles is 1. The van der Waals surface area contributed by atoms with Gasteiger partial charge in [-0.25, -0.2) is 0 Å². The number of aldehydes is 1. The minimum absolute atomic E-state index is 0.0917. The van der Waals surface area contributed by atoms with E-state index in [1.165, 1.54) is 32.1 Å². The summed E-state index contributed by atoms with van der Waals surface area (Å²) in [5.41, 5.74) is 2.03. The number of likely N-dealkylation sites (tertiary alicyclic amines) is 1. The lowest BCUT2D eigenvalue weighted by Gasteiger charge is -2.37. The number of aromatic nitrogens is 2. The fourth-order valence-corrected chi connectivity index (χ4v) is 5.66. The highest BCUT2D eigenvalue weighted by atomic mass is 16.5. The van der Waals surface area contributed by atoms with E-state index >= 15 is 0 Å². The van der Waals surface area contributed by atoms with Gasteiger partial charge in [-0.2, -0.15) is 5.26 Å². The molecule has 9 heteroatoms. The smallest absolute Gasteiger partial charge is 0.170 e. The number of methoxy groups -OCH3 is 1. The van der Waals surface area contributed by atoms with Gasteiger partial charge in [0.2, 0.25) is 0 Å². The minimum Gasteiger partial charge on any atom is -0.497 e. The summed E-state index contributed by atoms with van der Waals surface area (Å²) in [5.74, 6) is 2.39. The number of nitrogens with one attached hydrogen (secondary N) is 1. The van der Waals surface area contributed by atoms with E-state index in [9.17, 15) is 9.90 Å². The molecule has 0 radical (unpaired) electrons. The van der Waals surface area contributed by atoms with Crippen LogP contribution < -0.4 is 15.0 Å². The Bertz CT molecular complexity index is 1070. The van der Waals surface area contributed by atoms with Crippen LogP contribution in [0.4, 0.5) is 5.82 Å². The van der Waals surface area contributed by atoms with E-state index in [-0.39, 0.29) is 6.10 Å². The third-order valence-corrected chi connectivity index (χ3v) is 8.37. The molecule has 1 aliphatic carbocycles. The second-order valence-electron chi connectivity index (χ2n) is 11.3. The van der Waals surface area contributed by atoms with Crippen molar-refractivity contribution >= 4 is 12.1 Å². The Morgan fingerprint density at radius 3 is 2.24 bits per heavy atom. The van der Waals surface area contributed by atoms with Crippen molar-refractivity contribution < 1.29 is 14.6 Å². The fourth-order valence-electron chi connectivity index (χ4n) is 5.66. The van der Waals surface area contributed by atoms with Crippen LogP contribution in [-0.4, -0.2) is 85.5 Å². The maximum Gasteiger partial charge on any atom is 0.170 e. The van der Waals surface area contributed by atoms with Crippen molar-refractivity contribution in [2.24, 2.45) is 5.92 Å². The number of carbonyl (C=O) groups excluding carboxylic acids is 1. The monoisotopic (exact) mass is 564 g/mol. The molecule has 3 fully saturated rings. The van der Waals surface area contributed by atoms with Crippen LogP contribution in [0.15, 0.2) is 30.3 Å². The molecular weight excluding hydrogens is 516 g/mol. The predicted octanol–water partition coefficient (Wildman–Crippen LogP) is 4.38. The highest BCUT2D eigenvalue weighted by Crippen LogP contribution is 2.23. The summed E-state index contributed by atoms with van der Waals surface area (Å²) in [5, 5.41) is 29.5. The molecule has 2 N–H and O–H groups in total. The lowest BCUT2D eigenvalue weighted by atomic mass is 9.95. The van der Waals surface area contributed by atoms with Gasteiger partial charge in [-0.1, -0.05) is 19.3 Å². The first kappa shape index (κ1) is 32.5. The van der Waals surface area contributed by atoms with Crippen LogP contribution >= 0.6 is 0 Å². The fraction of sp³-hybridized carbons (Fsp3) is 0.625. The number of ether oxygens (including phenoxy) is 1. The largest absolute Gasteiger partial charge is 0.497 e. The lowest BCUT2D eigenvalue weighted by Crippen LogP contribution is -2.42. The minimum atomic E-state index is -0.0917. The summed E-state index contributed by atoms with van der Waals surface area (Å²) in [6.45, 7) is 7.09. The molecule has 2 saturated heterocycles. The third kappa shape index (κ3) is 11.0. The number of aliphatic hydroxyl groups is 1. The van der Waals surface area contributed by atoms with Gasteiger partial charge in [0, 0.05) is 38.8 Å². The molecule has 1 aromatic carbocycles. The number of aryl methyl sites for hydroxylation is 1. The number of benzene rings is 1. The highest BCUT2D eigenvalue weighted by molar-refractivity contribution is 5.71. The summed E-state index contributed by atoms with van der Waals surface area (Å²) in [7, 11) is 3.68. The first-order valence-electron chi connectivity index (χ1n) is 15.1. The zero-order valence-electron chi connectivity index (χ0n) is 25.1. The molecule has 1 saturated carbocycles. The zero-order chi connectivity index (χ0) is 29.5. The standard InChI is InChI=1S/C16H24N4O2.C9H9NO.C7H15N/c21-12-14-1-2-16(18-17-14)20-9-3-13(4-10-20)11-19-7-5-15(22)6-8-19;1-7-5-9(11-2)4-3-8(7)6-10;1-8-7-5-3-2-4-6-7/h1-2,12-13,15,22H,3-11H2;3-5H,1-2H3;7-8H,2-6H2,1H3. The number of rotatable bonds is 6. The first-order valence-corrected chi connectivity index (χ1v) is 15.1. The molecule has 224 valence electrons. The maximum absolute atomic E-state index is 10.6. The molecule has 0 amide bonds. The van der Waals surface area contributed by atoms with Gasteiger partial charge in [0.05, 0.1) is 24.8 Å². The summed E-state index contributed by atoms with van der Waals surface area (Å²) in [6, 6.07) is 11.9. The molecular formula is C32H48N6O3. The van der Waals surface area contributed by atoms with Crippen LogP contribution in [0.5, 0.6) is 5.75 Å². The number of aliphatic hydroxyl groups excluding tert-OH is 1. The molecule has 41 heavy (non-hydrogen) atoms. The van der Waals surface area contributed by atoms with E-state index in [0.717, 1.165) is 93.8 Å². The molecule has 9 nitrogen and oxygen atoms in total. The number of anilines is 1. The van der Waals surface area contributed by atoms with E-state index < -0.39 is 0 Å². The average Bonchev–Trinajstić information content (AvgIpc) is 3.03. The number of nitrogens with zero attached hydrogens (tertiary/aromatic N) is 5. The van der Waals surface area contributed by atoms with Crippen molar-refractivity contribution in [1.82, 2.24) is 20.4 Å². The quantitative estimate of drug-likeness (QED) is 0.494. The lowest BCUT2D eigenvalue weighted by molar-refractivity contribution is 0.0724. The molecule has 2 aliphatic heterocycles. The molecule has 1 aromatic heterocycles. The van der Waals surface area contributed by atoms with Crippen LogP contribution in [-0.2, 0) is 0 Å². The van der Waals surface area contributed by atoms with Gasteiger partial charge in [-0.3, -0.25) is 4.79 Å². The Balaban J connectivity index is 0.000000201. The number of piperidine rings is 2. The van der Waals surface area contributed by atoms with Gasteiger partial charge in [0.25, 0.3) is 0 Å². The van der Waals surface area contributed by atoms with Crippen molar-refractivity contribution in [3.8, 4) is 11.8 Å². The van der Waals surface area contributed by atoms with Crippen LogP contribution in [0.3, 0.4) is 0 Å². The normalized spacial score (nSPS) is 18.8. The summed E-state index contributed by atoms with van der Waals surface area (Å²) < 4.78 is 4.99. The van der Waals surface area contributed by atoms with Crippen molar-refractivity contribution in [3.05, 3.63) is 47.2 Å². The number of carbonyl (C=O) groups is 1. The van der Waals surface area contributed by atoms with Crippen molar-refractivity contribution in [2.45, 2.75) is 76.9 Å². The molecule has 0 bridgehead atoms. The van der Waals surface area contributed by atoms with E-state index in [2.05, 4.69) is 38.4 Å². The van der Waals surface area contributed by atoms with Crippen LogP contribution in [0.25, 0.3) is 0 Å². The third-order valence-electron chi connectivity index (χ3n) is 8.37. The Labute approximate surface area is 245 Å². The van der Waals surface area contributed by atoms with Gasteiger partial charge >= 0.3 is 0 Å². The van der Waals surface area contributed by atoms with Gasteiger partial charge < -0.3 is 25.0 Å². The topological polar surface area (TPSA) is 115 Å². The molecule has 0 atom stereocenters. The molecule has 0 spiro atoms. The Morgan fingerprint density at radius 2 is 1.73 bits per heavy atom. The Kier molecular flexibility index (Phi) is 14.0. The number of hydrogen-bond donors (Lipinski definition) is 2. The summed E-state index contributed by atoms with van der Waals surface area (Å²) in [6.07, 6.45) is 11.9. The molecule has 3 heterocycles. The zero-order valence-corrected chi connectivity index (χ0v) is 25.1. The Morgan fingerprint density at radius 1 is 1.02 bits per heavy atom. The van der Waals surface area contributed by atoms with Gasteiger partial charge in [-0.15, -0.1) is 10.2 Å². The number of hydrogen-bond acceptors (Lipinski definition) is 9. The average molecular weight is 565 g/mol. The Hall–Kier alpha value is -3.06. The molecule has 2 aromatic rings. The second-order valence-corrected chi connectivity index (χ2v) is 11.3. The highest BCUT2D eigenvalue weighted by Gasteiger charge is 2.24. The summed E-state index contributed by atoms with van der Waals surface area (Å²) in [4.78, 5) is 15.3. The van der Waals surface area contributed by atoms with E-state index in [0.29, 0.717) is 11.3 Å². The molecule has 0 unspecified atom stereocenters.